The van der Waals surface area contributed by atoms with E-state index in [1.54, 1.807) is 0 Å². The van der Waals surface area contributed by atoms with E-state index in [2.05, 4.69) is 16.0 Å². The first kappa shape index (κ1) is 34.7. The van der Waals surface area contributed by atoms with Gasteiger partial charge in [0.15, 0.2) is 0 Å². The molecule has 0 aromatic carbocycles. The molecule has 0 amide bonds. The summed E-state index contributed by atoms with van der Waals surface area (Å²) >= 11 is 0. The molecule has 0 aromatic rings. The smallest absolute Gasteiger partial charge is 0.380 e. The van der Waals surface area contributed by atoms with Gasteiger partial charge in [0.1, 0.15) is 0 Å². The summed E-state index contributed by atoms with van der Waals surface area (Å²) in [7, 11) is 0. The summed E-state index contributed by atoms with van der Waals surface area (Å²) in [5, 5.41) is 25.9. The maximum Gasteiger partial charge on any atom is 0.380 e. The summed E-state index contributed by atoms with van der Waals surface area (Å²) in [6.45, 7) is 6.48. The molecular formula is C23H41N3O11. The van der Waals surface area contributed by atoms with Crippen molar-refractivity contribution in [3.8, 4) is 0 Å². The first-order valence-electron chi connectivity index (χ1n) is 12.4. The molecule has 214 valence electrons. The average Bonchev–Trinajstić information content (AvgIpc) is 2.87. The van der Waals surface area contributed by atoms with E-state index in [9.17, 15) is 24.0 Å². The van der Waals surface area contributed by atoms with Gasteiger partial charge in [-0.15, -0.1) is 0 Å². The molecule has 0 aromatic heterocycles. The topological polar surface area (TPSA) is 199 Å². The number of unbranched alkanes of at least 4 members (excludes halogenated alkanes) is 2. The van der Waals surface area contributed by atoms with E-state index < -0.39 is 35.8 Å². The highest BCUT2D eigenvalue weighted by Crippen LogP contribution is 1.98. The van der Waals surface area contributed by atoms with Crippen molar-refractivity contribution in [3.05, 3.63) is 0 Å². The van der Waals surface area contributed by atoms with Crippen LogP contribution < -0.4 is 16.0 Å². The second-order valence-corrected chi connectivity index (χ2v) is 7.72. The third-order valence-corrected chi connectivity index (χ3v) is 4.62. The van der Waals surface area contributed by atoms with Crippen LogP contribution in [0.2, 0.25) is 0 Å². The van der Waals surface area contributed by atoms with Crippen molar-refractivity contribution >= 4 is 29.3 Å². The molecule has 0 fully saturated rings. The first-order valence-corrected chi connectivity index (χ1v) is 12.4. The molecule has 0 radical (unpaired) electrons. The van der Waals surface area contributed by atoms with Crippen molar-refractivity contribution in [3.63, 3.8) is 0 Å². The SMILES string of the molecule is O=C(O)CCCCCNCCOCCOCCNCCOCCOCCNCC(=O)C(=O)C(=O)C(=O)O. The molecule has 14 heteroatoms. The molecule has 0 aliphatic carbocycles. The largest absolute Gasteiger partial charge is 0.481 e. The summed E-state index contributed by atoms with van der Waals surface area (Å²) in [6, 6.07) is 0. The van der Waals surface area contributed by atoms with E-state index in [0.717, 1.165) is 25.9 Å². The van der Waals surface area contributed by atoms with E-state index in [-0.39, 0.29) is 19.6 Å². The summed E-state index contributed by atoms with van der Waals surface area (Å²) < 4.78 is 21.6. The fourth-order valence-corrected chi connectivity index (χ4v) is 2.68. The van der Waals surface area contributed by atoms with E-state index in [4.69, 9.17) is 29.2 Å². The molecule has 0 spiro atoms. The lowest BCUT2D eigenvalue weighted by atomic mass is 10.2. The zero-order valence-electron chi connectivity index (χ0n) is 21.3. The van der Waals surface area contributed by atoms with Gasteiger partial charge in [0.25, 0.3) is 5.78 Å². The predicted molar refractivity (Wildman–Crippen MR) is 131 cm³/mol. The van der Waals surface area contributed by atoms with Crippen LogP contribution in [0.3, 0.4) is 0 Å². The third-order valence-electron chi connectivity index (χ3n) is 4.62. The molecule has 0 saturated carbocycles. The number of carboxylic acids is 2. The quantitative estimate of drug-likeness (QED) is 0.0411. The maximum atomic E-state index is 11.3. The number of hydrogen-bond acceptors (Lipinski definition) is 12. The molecule has 37 heavy (non-hydrogen) atoms. The number of carbonyl (C=O) groups is 5. The Morgan fingerprint density at radius 1 is 0.514 bits per heavy atom. The Labute approximate surface area is 216 Å². The van der Waals surface area contributed by atoms with Gasteiger partial charge in [-0.3, -0.25) is 19.2 Å². The van der Waals surface area contributed by atoms with Gasteiger partial charge >= 0.3 is 17.7 Å². The van der Waals surface area contributed by atoms with Crippen LogP contribution in [0.1, 0.15) is 25.7 Å². The minimum atomic E-state index is -1.95. The monoisotopic (exact) mass is 535 g/mol. The van der Waals surface area contributed by atoms with E-state index in [0.29, 0.717) is 65.8 Å². The molecule has 0 rings (SSSR count). The number of nitrogens with one attached hydrogen (secondary N) is 3. The van der Waals surface area contributed by atoms with Gasteiger partial charge in [0.05, 0.1) is 59.4 Å². The Morgan fingerprint density at radius 2 is 0.973 bits per heavy atom. The van der Waals surface area contributed by atoms with Crippen LogP contribution in [0.4, 0.5) is 0 Å². The van der Waals surface area contributed by atoms with Crippen LogP contribution in [0.5, 0.6) is 0 Å². The number of aliphatic carboxylic acids is 2. The summed E-state index contributed by atoms with van der Waals surface area (Å²) in [6.07, 6.45) is 2.81. The van der Waals surface area contributed by atoms with Crippen molar-refractivity contribution in [2.75, 3.05) is 92.1 Å². The van der Waals surface area contributed by atoms with Gasteiger partial charge in [0.2, 0.25) is 5.78 Å². The number of rotatable bonds is 29. The lowest BCUT2D eigenvalue weighted by Gasteiger charge is -2.09. The lowest BCUT2D eigenvalue weighted by molar-refractivity contribution is -0.155. The molecule has 0 aliphatic rings. The van der Waals surface area contributed by atoms with E-state index >= 15 is 0 Å². The molecule has 14 nitrogen and oxygen atoms in total. The minimum absolute atomic E-state index is 0.231. The standard InChI is InChI=1S/C23H41N3O11/c27-19(21(30)22(31)23(32)33)18-26-9-13-37-17-16-36-12-8-25-7-11-35-15-14-34-10-6-24-5-3-1-2-4-20(28)29/h24-26H,1-18H2,(H,28,29)(H,32,33). The summed E-state index contributed by atoms with van der Waals surface area (Å²) in [5.41, 5.74) is 0. The van der Waals surface area contributed by atoms with Gasteiger partial charge in [-0.1, -0.05) is 6.42 Å². The zero-order chi connectivity index (χ0) is 27.6. The Morgan fingerprint density at radius 3 is 1.43 bits per heavy atom. The average molecular weight is 536 g/mol. The molecule has 5 N–H and O–H groups in total. The minimum Gasteiger partial charge on any atom is -0.481 e. The zero-order valence-corrected chi connectivity index (χ0v) is 21.3. The highest BCUT2D eigenvalue weighted by atomic mass is 16.5. The van der Waals surface area contributed by atoms with E-state index in [1.807, 2.05) is 0 Å². The van der Waals surface area contributed by atoms with Gasteiger partial charge in [-0.2, -0.15) is 0 Å². The highest BCUT2D eigenvalue weighted by molar-refractivity contribution is 6.77. The van der Waals surface area contributed by atoms with Crippen LogP contribution in [-0.2, 0) is 42.9 Å². The van der Waals surface area contributed by atoms with Crippen molar-refractivity contribution < 1.29 is 53.1 Å². The van der Waals surface area contributed by atoms with E-state index in [1.165, 1.54) is 0 Å². The Balaban J connectivity index is 3.21. The van der Waals surface area contributed by atoms with Crippen LogP contribution in [0.15, 0.2) is 0 Å². The molecule has 0 heterocycles. The number of Topliss-reactive ketones (excluding diaryl/α,β-unsaturated/α-hetero) is 3. The Bertz CT molecular complexity index is 662. The highest BCUT2D eigenvalue weighted by Gasteiger charge is 2.27. The van der Waals surface area contributed by atoms with Crippen molar-refractivity contribution in [1.29, 1.82) is 0 Å². The predicted octanol–water partition coefficient (Wildman–Crippen LogP) is -1.74. The first-order chi connectivity index (χ1) is 17.9. The van der Waals surface area contributed by atoms with Gasteiger partial charge < -0.3 is 45.1 Å². The lowest BCUT2D eigenvalue weighted by Crippen LogP contribution is -2.37. The fourth-order valence-electron chi connectivity index (χ4n) is 2.68. The van der Waals surface area contributed by atoms with Crippen molar-refractivity contribution in [2.45, 2.75) is 25.7 Å². The number of ether oxygens (including phenoxy) is 4. The summed E-state index contributed by atoms with van der Waals surface area (Å²) in [4.78, 5) is 54.1. The third kappa shape index (κ3) is 23.8. The van der Waals surface area contributed by atoms with Crippen LogP contribution in [0, 0.1) is 0 Å². The Kier molecular flexibility index (Phi) is 23.7. The molecule has 0 bridgehead atoms. The van der Waals surface area contributed by atoms with Crippen LogP contribution >= 0.6 is 0 Å². The second kappa shape index (κ2) is 25.3. The van der Waals surface area contributed by atoms with Gasteiger partial charge in [0, 0.05) is 32.6 Å². The molecule has 0 atom stereocenters. The van der Waals surface area contributed by atoms with Gasteiger partial charge in [-0.05, 0) is 19.4 Å². The summed E-state index contributed by atoms with van der Waals surface area (Å²) in [5.74, 6) is -7.10. The number of ketones is 3. The van der Waals surface area contributed by atoms with Crippen molar-refractivity contribution in [1.82, 2.24) is 16.0 Å². The number of carbonyl (C=O) groups excluding carboxylic acids is 3. The maximum absolute atomic E-state index is 11.3. The van der Waals surface area contributed by atoms with Crippen molar-refractivity contribution in [2.24, 2.45) is 0 Å². The molecule has 0 saturated heterocycles. The molecule has 0 aliphatic heterocycles. The fraction of sp³-hybridized carbons (Fsp3) is 0.783. The Hall–Kier alpha value is -2.33. The molecule has 0 unspecified atom stereocenters. The van der Waals surface area contributed by atoms with Crippen LogP contribution in [0.25, 0.3) is 0 Å². The number of hydrogen-bond donors (Lipinski definition) is 5. The molecular weight excluding hydrogens is 494 g/mol. The van der Waals surface area contributed by atoms with Crippen LogP contribution in [-0.4, -0.2) is 132 Å². The van der Waals surface area contributed by atoms with Gasteiger partial charge in [-0.25, -0.2) is 4.79 Å². The normalized spacial score (nSPS) is 10.9. The number of carboxylic acid groups (broad SMARTS) is 2. The second-order valence-electron chi connectivity index (χ2n) is 7.72.